The molecule has 0 unspecified atom stereocenters. The summed E-state index contributed by atoms with van der Waals surface area (Å²) in [7, 11) is 0. The van der Waals surface area contributed by atoms with Gasteiger partial charge in [-0.15, -0.1) is 11.3 Å². The van der Waals surface area contributed by atoms with E-state index in [9.17, 15) is 9.59 Å². The fourth-order valence-corrected chi connectivity index (χ4v) is 3.63. The number of aromatic nitrogens is 2. The molecule has 10 heteroatoms. The third-order valence-electron chi connectivity index (χ3n) is 4.05. The SMILES string of the molecule is O=C(Nc1n[nH]c2cc(C(=O)O)sc12)c1ccc(CN2CCOCC2)o1. The van der Waals surface area contributed by atoms with Gasteiger partial charge in [-0.2, -0.15) is 5.10 Å². The van der Waals surface area contributed by atoms with Crippen LogP contribution in [-0.2, 0) is 11.3 Å². The zero-order valence-electron chi connectivity index (χ0n) is 13.7. The summed E-state index contributed by atoms with van der Waals surface area (Å²) < 4.78 is 11.5. The molecule has 0 atom stereocenters. The number of carboxylic acid groups (broad SMARTS) is 1. The van der Waals surface area contributed by atoms with E-state index in [2.05, 4.69) is 20.4 Å². The van der Waals surface area contributed by atoms with Gasteiger partial charge in [-0.25, -0.2) is 4.79 Å². The Morgan fingerprint density at radius 3 is 2.92 bits per heavy atom. The third-order valence-corrected chi connectivity index (χ3v) is 5.18. The van der Waals surface area contributed by atoms with Crippen LogP contribution in [0.2, 0.25) is 0 Å². The highest BCUT2D eigenvalue weighted by Crippen LogP contribution is 2.30. The lowest BCUT2D eigenvalue weighted by molar-refractivity contribution is 0.0312. The molecule has 0 saturated carbocycles. The first kappa shape index (κ1) is 16.8. The molecule has 9 nitrogen and oxygen atoms in total. The molecule has 3 aromatic heterocycles. The lowest BCUT2D eigenvalue weighted by atomic mass is 10.3. The number of hydrogen-bond acceptors (Lipinski definition) is 7. The van der Waals surface area contributed by atoms with E-state index in [1.54, 1.807) is 12.1 Å². The van der Waals surface area contributed by atoms with Crippen LogP contribution in [0.5, 0.6) is 0 Å². The average molecular weight is 376 g/mol. The number of hydrogen-bond donors (Lipinski definition) is 3. The quantitative estimate of drug-likeness (QED) is 0.623. The van der Waals surface area contributed by atoms with Crippen LogP contribution in [0.1, 0.15) is 26.0 Å². The molecule has 1 saturated heterocycles. The molecule has 4 rings (SSSR count). The van der Waals surface area contributed by atoms with Gasteiger partial charge in [0.25, 0.3) is 5.91 Å². The highest BCUT2D eigenvalue weighted by atomic mass is 32.1. The number of carbonyl (C=O) groups excluding carboxylic acids is 1. The van der Waals surface area contributed by atoms with E-state index < -0.39 is 11.9 Å². The van der Waals surface area contributed by atoms with Crippen molar-refractivity contribution in [3.63, 3.8) is 0 Å². The Labute approximate surface area is 151 Å². The normalized spacial score (nSPS) is 15.4. The fraction of sp³-hybridized carbons (Fsp3) is 0.312. The molecule has 0 bridgehead atoms. The van der Waals surface area contributed by atoms with Crippen LogP contribution in [0.3, 0.4) is 0 Å². The van der Waals surface area contributed by atoms with E-state index in [-0.39, 0.29) is 16.5 Å². The average Bonchev–Trinajstić information content (AvgIpc) is 3.33. The van der Waals surface area contributed by atoms with Crippen molar-refractivity contribution in [3.8, 4) is 0 Å². The van der Waals surface area contributed by atoms with Gasteiger partial charge in [0, 0.05) is 13.1 Å². The third kappa shape index (κ3) is 3.34. The maximum Gasteiger partial charge on any atom is 0.345 e. The van der Waals surface area contributed by atoms with Gasteiger partial charge in [0.15, 0.2) is 11.6 Å². The van der Waals surface area contributed by atoms with E-state index in [1.807, 2.05) is 0 Å². The van der Waals surface area contributed by atoms with Gasteiger partial charge in [-0.05, 0) is 18.2 Å². The van der Waals surface area contributed by atoms with Crippen LogP contribution in [0.25, 0.3) is 10.2 Å². The number of aromatic carboxylic acids is 1. The highest BCUT2D eigenvalue weighted by Gasteiger charge is 2.19. The van der Waals surface area contributed by atoms with Crippen molar-refractivity contribution in [2.75, 3.05) is 31.6 Å². The summed E-state index contributed by atoms with van der Waals surface area (Å²) in [6.07, 6.45) is 0. The second kappa shape index (κ2) is 6.90. The molecule has 0 spiro atoms. The summed E-state index contributed by atoms with van der Waals surface area (Å²) in [6.45, 7) is 3.68. The Morgan fingerprint density at radius 1 is 1.35 bits per heavy atom. The number of carbonyl (C=O) groups is 2. The number of anilines is 1. The number of ether oxygens (including phenoxy) is 1. The van der Waals surface area contributed by atoms with Crippen molar-refractivity contribution in [3.05, 3.63) is 34.6 Å². The molecule has 0 aliphatic carbocycles. The van der Waals surface area contributed by atoms with Gasteiger partial charge < -0.3 is 19.6 Å². The van der Waals surface area contributed by atoms with Gasteiger partial charge in [-0.1, -0.05) is 0 Å². The Hall–Kier alpha value is -2.69. The standard InChI is InChI=1S/C16H16N4O5S/c21-15(11-2-1-9(25-11)8-20-3-5-24-6-4-20)17-14-13-10(18-19-14)7-12(26-13)16(22)23/h1-2,7H,3-6,8H2,(H,22,23)(H2,17,18,19,21). The van der Waals surface area contributed by atoms with Gasteiger partial charge in [0.05, 0.1) is 30.0 Å². The van der Waals surface area contributed by atoms with Gasteiger partial charge >= 0.3 is 5.97 Å². The van der Waals surface area contributed by atoms with Crippen molar-refractivity contribution in [1.82, 2.24) is 15.1 Å². The Balaban J connectivity index is 1.45. The minimum Gasteiger partial charge on any atom is -0.477 e. The van der Waals surface area contributed by atoms with Crippen LogP contribution in [0.4, 0.5) is 5.82 Å². The zero-order chi connectivity index (χ0) is 18.1. The number of furan rings is 1. The van der Waals surface area contributed by atoms with E-state index in [0.717, 1.165) is 24.4 Å². The Morgan fingerprint density at radius 2 is 2.15 bits per heavy atom. The molecule has 1 aliphatic heterocycles. The number of fused-ring (bicyclic) bond motifs is 1. The molecule has 0 radical (unpaired) electrons. The van der Waals surface area contributed by atoms with Crippen molar-refractivity contribution < 1.29 is 23.8 Å². The maximum absolute atomic E-state index is 12.4. The molecule has 1 fully saturated rings. The minimum atomic E-state index is -1.02. The molecular formula is C16H16N4O5S. The minimum absolute atomic E-state index is 0.176. The first-order chi connectivity index (χ1) is 12.6. The van der Waals surface area contributed by atoms with E-state index in [4.69, 9.17) is 14.3 Å². The molecule has 3 N–H and O–H groups in total. The van der Waals surface area contributed by atoms with Crippen LogP contribution < -0.4 is 5.32 Å². The summed E-state index contributed by atoms with van der Waals surface area (Å²) in [6, 6.07) is 4.88. The van der Waals surface area contributed by atoms with Gasteiger partial charge in [0.2, 0.25) is 0 Å². The van der Waals surface area contributed by atoms with Crippen LogP contribution in [0.15, 0.2) is 22.6 Å². The smallest absolute Gasteiger partial charge is 0.345 e. The molecule has 1 amide bonds. The molecular weight excluding hydrogens is 360 g/mol. The number of amides is 1. The van der Waals surface area contributed by atoms with E-state index in [1.165, 1.54) is 6.07 Å². The molecule has 1 aliphatic rings. The fourth-order valence-electron chi connectivity index (χ4n) is 2.74. The first-order valence-corrected chi connectivity index (χ1v) is 8.83. The lowest BCUT2D eigenvalue weighted by Gasteiger charge is -2.25. The number of carboxylic acids is 1. The highest BCUT2D eigenvalue weighted by molar-refractivity contribution is 7.21. The van der Waals surface area contributed by atoms with Crippen molar-refractivity contribution in [2.45, 2.75) is 6.54 Å². The number of thiophene rings is 1. The van der Waals surface area contributed by atoms with Crippen LogP contribution in [0, 0.1) is 0 Å². The topological polar surface area (TPSA) is 121 Å². The van der Waals surface area contributed by atoms with Crippen molar-refractivity contribution >= 4 is 39.2 Å². The molecule has 26 heavy (non-hydrogen) atoms. The number of nitrogens with one attached hydrogen (secondary N) is 2. The monoisotopic (exact) mass is 376 g/mol. The Bertz CT molecular complexity index is 953. The maximum atomic E-state index is 12.4. The summed E-state index contributed by atoms with van der Waals surface area (Å²) >= 11 is 1.05. The van der Waals surface area contributed by atoms with E-state index >= 15 is 0 Å². The first-order valence-electron chi connectivity index (χ1n) is 8.01. The van der Waals surface area contributed by atoms with Crippen LogP contribution in [-0.4, -0.2) is 58.4 Å². The predicted octanol–water partition coefficient (Wildman–Crippen LogP) is 2.00. The zero-order valence-corrected chi connectivity index (χ0v) is 14.5. The summed E-state index contributed by atoms with van der Waals surface area (Å²) in [4.78, 5) is 25.8. The molecule has 3 aromatic rings. The lowest BCUT2D eigenvalue weighted by Crippen LogP contribution is -2.35. The van der Waals surface area contributed by atoms with Crippen molar-refractivity contribution in [2.24, 2.45) is 0 Å². The number of H-pyrrole nitrogens is 1. The van der Waals surface area contributed by atoms with E-state index in [0.29, 0.717) is 35.7 Å². The van der Waals surface area contributed by atoms with Crippen molar-refractivity contribution in [1.29, 1.82) is 0 Å². The number of aromatic amines is 1. The van der Waals surface area contributed by atoms with Gasteiger partial charge in [-0.3, -0.25) is 14.8 Å². The largest absolute Gasteiger partial charge is 0.477 e. The molecule has 4 heterocycles. The molecule has 136 valence electrons. The second-order valence-corrected chi connectivity index (χ2v) is 6.89. The van der Waals surface area contributed by atoms with Gasteiger partial charge in [0.1, 0.15) is 10.6 Å². The number of nitrogens with zero attached hydrogens (tertiary/aromatic N) is 2. The number of rotatable bonds is 5. The Kier molecular flexibility index (Phi) is 4.45. The molecule has 0 aromatic carbocycles. The summed E-state index contributed by atoms with van der Waals surface area (Å²) in [5.41, 5.74) is 0.565. The summed E-state index contributed by atoms with van der Waals surface area (Å²) in [5, 5.41) is 18.4. The summed E-state index contributed by atoms with van der Waals surface area (Å²) in [5.74, 6) is -0.283. The number of morpholine rings is 1. The van der Waals surface area contributed by atoms with Crippen LogP contribution >= 0.6 is 11.3 Å². The second-order valence-electron chi connectivity index (χ2n) is 5.84. The predicted molar refractivity (Wildman–Crippen MR) is 93.7 cm³/mol.